The van der Waals surface area contributed by atoms with Crippen molar-refractivity contribution in [2.75, 3.05) is 13.7 Å². The van der Waals surface area contributed by atoms with Crippen LogP contribution < -0.4 is 4.74 Å². The zero-order valence-corrected chi connectivity index (χ0v) is 13.6. The van der Waals surface area contributed by atoms with Gasteiger partial charge in [0.2, 0.25) is 5.78 Å². The van der Waals surface area contributed by atoms with E-state index in [-0.39, 0.29) is 18.0 Å². The Hall–Kier alpha value is -3.41. The smallest absolute Gasteiger partial charge is 0.341 e. The van der Waals surface area contributed by atoms with Gasteiger partial charge >= 0.3 is 5.97 Å². The first kappa shape index (κ1) is 16.4. The molecule has 3 rings (SSSR count). The number of hydrogen-bond donors (Lipinski definition) is 0. The minimum atomic E-state index is -0.606. The average Bonchev–Trinajstić information content (AvgIpc) is 3.17. The van der Waals surface area contributed by atoms with E-state index in [1.807, 2.05) is 30.3 Å². The molecule has 0 aliphatic heterocycles. The van der Waals surface area contributed by atoms with Crippen LogP contribution in [0.3, 0.4) is 0 Å². The third kappa shape index (κ3) is 3.74. The number of ketones is 1. The monoisotopic (exact) mass is 336 g/mol. The molecule has 6 nitrogen and oxygen atoms in total. The van der Waals surface area contributed by atoms with Crippen LogP contribution in [0.2, 0.25) is 0 Å². The minimum absolute atomic E-state index is 0.275. The van der Waals surface area contributed by atoms with Gasteiger partial charge in [0.1, 0.15) is 5.75 Å². The van der Waals surface area contributed by atoms with E-state index in [4.69, 9.17) is 9.47 Å². The fourth-order valence-electron chi connectivity index (χ4n) is 2.32. The molecule has 0 amide bonds. The first-order chi connectivity index (χ1) is 12.2. The predicted octanol–water partition coefficient (Wildman–Crippen LogP) is 2.92. The largest absolute Gasteiger partial charge is 0.496 e. The lowest BCUT2D eigenvalue weighted by Gasteiger charge is -2.07. The molecule has 0 radical (unpaired) electrons. The van der Waals surface area contributed by atoms with Gasteiger partial charge in [0.15, 0.2) is 6.61 Å². The summed E-state index contributed by atoms with van der Waals surface area (Å²) in [7, 11) is 1.48. The van der Waals surface area contributed by atoms with Crippen molar-refractivity contribution >= 4 is 11.8 Å². The number of aromatic nitrogens is 2. The number of ether oxygens (including phenoxy) is 2. The molecule has 0 bridgehead atoms. The van der Waals surface area contributed by atoms with Gasteiger partial charge in [0, 0.05) is 6.20 Å². The lowest BCUT2D eigenvalue weighted by Crippen LogP contribution is -2.14. The Morgan fingerprint density at radius 1 is 1.04 bits per heavy atom. The summed E-state index contributed by atoms with van der Waals surface area (Å²) < 4.78 is 11.8. The summed E-state index contributed by atoms with van der Waals surface area (Å²) in [6.45, 7) is -0.365. The van der Waals surface area contributed by atoms with Gasteiger partial charge in [-0.05, 0) is 24.3 Å². The fraction of sp³-hybridized carbons (Fsp3) is 0.105. The molecule has 126 valence electrons. The van der Waals surface area contributed by atoms with Gasteiger partial charge in [-0.15, -0.1) is 0 Å². The topological polar surface area (TPSA) is 70.4 Å². The number of nitrogens with zero attached hydrogens (tertiary/aromatic N) is 2. The summed E-state index contributed by atoms with van der Waals surface area (Å²) in [6, 6.07) is 16.2. The van der Waals surface area contributed by atoms with Crippen molar-refractivity contribution in [3.05, 3.63) is 78.1 Å². The van der Waals surface area contributed by atoms with Crippen LogP contribution in [-0.4, -0.2) is 35.2 Å². The third-order valence-corrected chi connectivity index (χ3v) is 3.58. The van der Waals surface area contributed by atoms with Crippen LogP contribution in [0.4, 0.5) is 0 Å². The average molecular weight is 336 g/mol. The Kier molecular flexibility index (Phi) is 4.89. The third-order valence-electron chi connectivity index (χ3n) is 3.58. The number of Topliss-reactive ketones (excluding diaryl/α,β-unsaturated/α-hetero) is 1. The SMILES string of the molecule is COc1ccccc1C(=O)COC(=O)c1cnn(-c2ccccc2)c1. The maximum Gasteiger partial charge on any atom is 0.341 e. The van der Waals surface area contributed by atoms with E-state index < -0.39 is 5.97 Å². The highest BCUT2D eigenvalue weighted by atomic mass is 16.5. The van der Waals surface area contributed by atoms with Gasteiger partial charge < -0.3 is 9.47 Å². The molecule has 3 aromatic rings. The molecule has 6 heteroatoms. The first-order valence-electron chi connectivity index (χ1n) is 7.62. The summed E-state index contributed by atoms with van der Waals surface area (Å²) in [4.78, 5) is 24.3. The van der Waals surface area contributed by atoms with Gasteiger partial charge in [-0.1, -0.05) is 30.3 Å². The second kappa shape index (κ2) is 7.44. The molecular weight excluding hydrogens is 320 g/mol. The second-order valence-corrected chi connectivity index (χ2v) is 5.21. The molecule has 25 heavy (non-hydrogen) atoms. The molecule has 0 saturated carbocycles. The van der Waals surface area contributed by atoms with Gasteiger partial charge in [-0.3, -0.25) is 4.79 Å². The molecule has 1 heterocycles. The van der Waals surface area contributed by atoms with Gasteiger partial charge in [0.05, 0.1) is 30.1 Å². The molecular formula is C19H16N2O4. The normalized spacial score (nSPS) is 10.3. The van der Waals surface area contributed by atoms with Crippen LogP contribution >= 0.6 is 0 Å². The Morgan fingerprint density at radius 3 is 2.52 bits per heavy atom. The van der Waals surface area contributed by atoms with Crippen molar-refractivity contribution in [3.63, 3.8) is 0 Å². The fourth-order valence-corrected chi connectivity index (χ4v) is 2.32. The number of esters is 1. The molecule has 1 aromatic heterocycles. The molecule has 0 aliphatic carbocycles. The zero-order chi connectivity index (χ0) is 17.6. The lowest BCUT2D eigenvalue weighted by atomic mass is 10.1. The van der Waals surface area contributed by atoms with Crippen LogP contribution in [0.25, 0.3) is 5.69 Å². The number of para-hydroxylation sites is 2. The molecule has 2 aromatic carbocycles. The maximum absolute atomic E-state index is 12.2. The number of carbonyl (C=O) groups excluding carboxylic acids is 2. The Balaban J connectivity index is 1.65. The van der Waals surface area contributed by atoms with Gasteiger partial charge in [-0.2, -0.15) is 5.10 Å². The highest BCUT2D eigenvalue weighted by Gasteiger charge is 2.16. The van der Waals surface area contributed by atoms with Crippen molar-refractivity contribution in [3.8, 4) is 11.4 Å². The van der Waals surface area contributed by atoms with Crippen LogP contribution in [-0.2, 0) is 4.74 Å². The van der Waals surface area contributed by atoms with Crippen molar-refractivity contribution in [1.82, 2.24) is 9.78 Å². The van der Waals surface area contributed by atoms with Gasteiger partial charge in [0.25, 0.3) is 0 Å². The van der Waals surface area contributed by atoms with Crippen molar-refractivity contribution < 1.29 is 19.1 Å². The summed E-state index contributed by atoms with van der Waals surface area (Å²) in [5.74, 6) is -0.493. The summed E-state index contributed by atoms with van der Waals surface area (Å²) in [5.41, 5.74) is 1.47. The quantitative estimate of drug-likeness (QED) is 0.511. The second-order valence-electron chi connectivity index (χ2n) is 5.21. The predicted molar refractivity (Wildman–Crippen MR) is 91.2 cm³/mol. The van der Waals surface area contributed by atoms with Gasteiger partial charge in [-0.25, -0.2) is 9.48 Å². The first-order valence-corrected chi connectivity index (χ1v) is 7.62. The van der Waals surface area contributed by atoms with E-state index in [0.29, 0.717) is 11.3 Å². The Morgan fingerprint density at radius 2 is 1.76 bits per heavy atom. The minimum Gasteiger partial charge on any atom is -0.496 e. The Labute approximate surface area is 144 Å². The molecule has 0 atom stereocenters. The lowest BCUT2D eigenvalue weighted by molar-refractivity contribution is 0.0474. The van der Waals surface area contributed by atoms with Crippen LogP contribution in [0.1, 0.15) is 20.7 Å². The number of carbonyl (C=O) groups is 2. The highest BCUT2D eigenvalue weighted by Crippen LogP contribution is 2.18. The highest BCUT2D eigenvalue weighted by molar-refractivity contribution is 6.01. The van der Waals surface area contributed by atoms with Crippen molar-refractivity contribution in [1.29, 1.82) is 0 Å². The molecule has 0 saturated heterocycles. The number of benzene rings is 2. The molecule has 0 unspecified atom stereocenters. The van der Waals surface area contributed by atoms with Crippen molar-refractivity contribution in [2.45, 2.75) is 0 Å². The van der Waals surface area contributed by atoms with E-state index >= 15 is 0 Å². The molecule has 0 N–H and O–H groups in total. The summed E-state index contributed by atoms with van der Waals surface area (Å²) >= 11 is 0. The summed E-state index contributed by atoms with van der Waals surface area (Å²) in [6.07, 6.45) is 2.97. The van der Waals surface area contributed by atoms with E-state index in [9.17, 15) is 9.59 Å². The molecule has 0 aliphatic rings. The molecule has 0 spiro atoms. The van der Waals surface area contributed by atoms with Crippen molar-refractivity contribution in [2.24, 2.45) is 0 Å². The zero-order valence-electron chi connectivity index (χ0n) is 13.6. The van der Waals surface area contributed by atoms with Crippen LogP contribution in [0.5, 0.6) is 5.75 Å². The van der Waals surface area contributed by atoms with E-state index in [2.05, 4.69) is 5.10 Å². The van der Waals surface area contributed by atoms with E-state index in [1.165, 1.54) is 13.3 Å². The van der Waals surface area contributed by atoms with Crippen LogP contribution in [0.15, 0.2) is 67.0 Å². The number of rotatable bonds is 6. The van der Waals surface area contributed by atoms with Crippen LogP contribution in [0, 0.1) is 0 Å². The van der Waals surface area contributed by atoms with E-state index in [1.54, 1.807) is 35.1 Å². The number of hydrogen-bond acceptors (Lipinski definition) is 5. The number of methoxy groups -OCH3 is 1. The van der Waals surface area contributed by atoms with E-state index in [0.717, 1.165) is 5.69 Å². The molecule has 0 fully saturated rings. The maximum atomic E-state index is 12.2. The standard InChI is InChI=1S/C19H16N2O4/c1-24-18-10-6-5-9-16(18)17(22)13-25-19(23)14-11-20-21(12-14)15-7-3-2-4-8-15/h2-12H,13H2,1H3. The summed E-state index contributed by atoms with van der Waals surface area (Å²) in [5, 5.41) is 4.13. The Bertz CT molecular complexity index is 887.